The second-order valence-electron chi connectivity index (χ2n) is 10.7. The van der Waals surface area contributed by atoms with E-state index < -0.39 is 25.8 Å². The molecule has 1 amide bonds. The predicted molar refractivity (Wildman–Crippen MR) is 140 cm³/mol. The van der Waals surface area contributed by atoms with Crippen LogP contribution < -0.4 is 4.90 Å². The Hall–Kier alpha value is -2.22. The molecule has 4 rings (SSSR count). The second kappa shape index (κ2) is 9.92. The first-order chi connectivity index (χ1) is 16.9. The number of carbonyl (C=O) groups is 1. The Morgan fingerprint density at radius 2 is 1.78 bits per heavy atom. The van der Waals surface area contributed by atoms with Gasteiger partial charge in [0, 0.05) is 23.7 Å². The minimum atomic E-state index is -3.91. The molecule has 2 aromatic carbocycles. The molecule has 1 saturated heterocycles. The van der Waals surface area contributed by atoms with E-state index in [1.54, 1.807) is 39.0 Å². The molecule has 0 bridgehead atoms. The summed E-state index contributed by atoms with van der Waals surface area (Å²) >= 11 is 5.99. The van der Waals surface area contributed by atoms with Crippen molar-refractivity contribution in [3.05, 3.63) is 71.5 Å². The molecule has 0 aromatic heterocycles. The Morgan fingerprint density at radius 1 is 1.17 bits per heavy atom. The summed E-state index contributed by atoms with van der Waals surface area (Å²) < 4.78 is 48.0. The third-order valence-corrected chi connectivity index (χ3v) is 9.99. The molecule has 2 aliphatic rings. The van der Waals surface area contributed by atoms with E-state index in [0.29, 0.717) is 10.6 Å². The van der Waals surface area contributed by atoms with Gasteiger partial charge in [-0.2, -0.15) is 0 Å². The van der Waals surface area contributed by atoms with Gasteiger partial charge >= 0.3 is 0 Å². The molecule has 36 heavy (non-hydrogen) atoms. The minimum absolute atomic E-state index is 0.128. The fourth-order valence-electron chi connectivity index (χ4n) is 4.95. The van der Waals surface area contributed by atoms with Crippen molar-refractivity contribution in [3.63, 3.8) is 0 Å². The normalized spacial score (nSPS) is 18.9. The van der Waals surface area contributed by atoms with E-state index in [0.717, 1.165) is 12.8 Å². The minimum Gasteiger partial charge on any atom is -0.381 e. The maximum absolute atomic E-state index is 15.9. The maximum atomic E-state index is 15.9. The van der Waals surface area contributed by atoms with E-state index in [1.807, 2.05) is 0 Å². The Bertz CT molecular complexity index is 1240. The quantitative estimate of drug-likeness (QED) is 0.392. The van der Waals surface area contributed by atoms with Crippen molar-refractivity contribution in [1.29, 1.82) is 0 Å². The summed E-state index contributed by atoms with van der Waals surface area (Å²) in [6, 6.07) is 10.2. The lowest BCUT2D eigenvalue weighted by molar-refractivity contribution is -0.126. The fourth-order valence-corrected chi connectivity index (χ4v) is 7.16. The van der Waals surface area contributed by atoms with Crippen molar-refractivity contribution in [1.82, 2.24) is 0 Å². The summed E-state index contributed by atoms with van der Waals surface area (Å²) in [5.74, 6) is -0.602. The molecule has 1 atom stereocenters. The molecule has 0 spiro atoms. The number of halogens is 2. The molecule has 1 saturated carbocycles. The number of carbonyl (C=O) groups excluding carboxylic acids is 1. The summed E-state index contributed by atoms with van der Waals surface area (Å²) in [5.41, 5.74) is -0.241. The van der Waals surface area contributed by atoms with Crippen LogP contribution in [0.4, 0.5) is 10.1 Å². The van der Waals surface area contributed by atoms with E-state index in [-0.39, 0.29) is 54.5 Å². The van der Waals surface area contributed by atoms with Gasteiger partial charge in [0.25, 0.3) is 0 Å². The number of hydrogen-bond acceptors (Lipinski definition) is 4. The number of benzene rings is 2. The number of hydrogen-bond donors (Lipinski definition) is 0. The van der Waals surface area contributed by atoms with Gasteiger partial charge in [-0.15, -0.1) is 6.58 Å². The number of amides is 1. The summed E-state index contributed by atoms with van der Waals surface area (Å²) in [7, 11) is -3.91. The van der Waals surface area contributed by atoms with Gasteiger partial charge in [-0.25, -0.2) is 12.8 Å². The van der Waals surface area contributed by atoms with E-state index in [9.17, 15) is 13.2 Å². The first-order valence-electron chi connectivity index (χ1n) is 12.3. The molecule has 8 heteroatoms. The van der Waals surface area contributed by atoms with Gasteiger partial charge in [-0.3, -0.25) is 4.79 Å². The van der Waals surface area contributed by atoms with Gasteiger partial charge < -0.3 is 9.64 Å². The molecule has 2 fully saturated rings. The molecular weight excluding hydrogens is 501 g/mol. The molecule has 1 aliphatic carbocycles. The molecule has 0 N–H and O–H groups in total. The first-order valence-corrected chi connectivity index (χ1v) is 14.1. The maximum Gasteiger partial charge on any atom is 0.233 e. The zero-order chi connectivity index (χ0) is 26.3. The highest BCUT2D eigenvalue weighted by molar-refractivity contribution is 7.92. The van der Waals surface area contributed by atoms with Crippen LogP contribution in [0.25, 0.3) is 0 Å². The van der Waals surface area contributed by atoms with Gasteiger partial charge in [0.15, 0.2) is 9.84 Å². The highest BCUT2D eigenvalue weighted by Crippen LogP contribution is 2.46. The van der Waals surface area contributed by atoms with Crippen LogP contribution in [0.2, 0.25) is 5.02 Å². The van der Waals surface area contributed by atoms with Crippen LogP contribution in [-0.2, 0) is 24.1 Å². The lowest BCUT2D eigenvalue weighted by atomic mass is 9.89. The van der Waals surface area contributed by atoms with Crippen LogP contribution in [0.15, 0.2) is 60.0 Å². The van der Waals surface area contributed by atoms with Crippen LogP contribution in [0.3, 0.4) is 0 Å². The van der Waals surface area contributed by atoms with Gasteiger partial charge in [0.05, 0.1) is 16.6 Å². The number of sulfone groups is 1. The van der Waals surface area contributed by atoms with Crippen molar-refractivity contribution >= 4 is 33.0 Å². The summed E-state index contributed by atoms with van der Waals surface area (Å²) in [5, 5.41) is 0.432. The van der Waals surface area contributed by atoms with E-state index >= 15 is 4.39 Å². The van der Waals surface area contributed by atoms with Crippen LogP contribution >= 0.6 is 11.6 Å². The Balaban J connectivity index is 1.82. The van der Waals surface area contributed by atoms with Crippen molar-refractivity contribution < 1.29 is 22.3 Å². The molecular formula is C28H33ClFNO4S. The largest absolute Gasteiger partial charge is 0.381 e. The zero-order valence-electron chi connectivity index (χ0n) is 21.0. The van der Waals surface area contributed by atoms with E-state index in [1.165, 1.54) is 35.2 Å². The number of ether oxygens (including phenoxy) is 1. The number of anilines is 1. The van der Waals surface area contributed by atoms with E-state index in [4.69, 9.17) is 16.3 Å². The Labute approximate surface area is 218 Å². The van der Waals surface area contributed by atoms with Crippen LogP contribution in [-0.4, -0.2) is 33.6 Å². The van der Waals surface area contributed by atoms with Gasteiger partial charge in [0.1, 0.15) is 10.6 Å². The third kappa shape index (κ3) is 4.85. The molecule has 2 aromatic rings. The summed E-state index contributed by atoms with van der Waals surface area (Å²) in [6.45, 7) is 9.81. The smallest absolute Gasteiger partial charge is 0.233 e. The molecule has 5 nitrogen and oxygen atoms in total. The van der Waals surface area contributed by atoms with Gasteiger partial charge in [-0.05, 0) is 73.6 Å². The lowest BCUT2D eigenvalue weighted by Gasteiger charge is -2.38. The molecule has 1 aliphatic heterocycles. The first kappa shape index (κ1) is 26.8. The standard InChI is InChI=1S/C28H33ClFNO4S/c1-5-24(19-6-7-19)31(26(32)27(2,3)4)25-13-8-20(18-23(25)30)28(14-16-35-17-15-28)36(33,34)22-11-9-21(29)10-12-22/h5,8-13,18-19,24H,1,6-7,14-17H2,2-4H3/t24-/m1/s1. The highest BCUT2D eigenvalue weighted by Gasteiger charge is 2.48. The Morgan fingerprint density at radius 3 is 2.28 bits per heavy atom. The van der Waals surface area contributed by atoms with Crippen molar-refractivity contribution in [2.75, 3.05) is 18.1 Å². The second-order valence-corrected chi connectivity index (χ2v) is 13.4. The van der Waals surface area contributed by atoms with Gasteiger partial charge in [0.2, 0.25) is 5.91 Å². The van der Waals surface area contributed by atoms with Crippen LogP contribution in [0.1, 0.15) is 52.0 Å². The molecule has 0 radical (unpaired) electrons. The van der Waals surface area contributed by atoms with Crippen molar-refractivity contribution in [2.45, 2.75) is 62.1 Å². The molecule has 1 heterocycles. The lowest BCUT2D eigenvalue weighted by Crippen LogP contribution is -2.47. The molecule has 0 unspecified atom stereocenters. The van der Waals surface area contributed by atoms with E-state index in [2.05, 4.69) is 6.58 Å². The Kier molecular flexibility index (Phi) is 7.39. The van der Waals surface area contributed by atoms with Gasteiger partial charge in [-0.1, -0.05) is 44.5 Å². The van der Waals surface area contributed by atoms with Crippen molar-refractivity contribution in [2.24, 2.45) is 11.3 Å². The topological polar surface area (TPSA) is 63.7 Å². The fraction of sp³-hybridized carbons (Fsp3) is 0.464. The molecule has 194 valence electrons. The van der Waals surface area contributed by atoms with Crippen LogP contribution in [0, 0.1) is 17.2 Å². The monoisotopic (exact) mass is 533 g/mol. The highest BCUT2D eigenvalue weighted by atomic mass is 35.5. The predicted octanol–water partition coefficient (Wildman–Crippen LogP) is 6.30. The number of nitrogens with zero attached hydrogens (tertiary/aromatic N) is 1. The third-order valence-electron chi connectivity index (χ3n) is 7.18. The SMILES string of the molecule is C=C[C@H](C1CC1)N(C(=O)C(C)(C)C)c1ccc(C2(S(=O)(=O)c3ccc(Cl)cc3)CCOCC2)cc1F. The summed E-state index contributed by atoms with van der Waals surface area (Å²) in [6.07, 6.45) is 4.00. The van der Waals surface area contributed by atoms with Crippen molar-refractivity contribution in [3.8, 4) is 0 Å². The average molecular weight is 534 g/mol. The number of rotatable bonds is 7. The van der Waals surface area contributed by atoms with Crippen LogP contribution in [0.5, 0.6) is 0 Å². The zero-order valence-corrected chi connectivity index (χ0v) is 22.5. The average Bonchev–Trinajstić information content (AvgIpc) is 3.68. The summed E-state index contributed by atoms with van der Waals surface area (Å²) in [4.78, 5) is 15.1.